The normalized spacial score (nSPS) is 32.8. The number of ether oxygens (including phenoxy) is 6. The van der Waals surface area contributed by atoms with E-state index in [0.29, 0.717) is 31.8 Å². The van der Waals surface area contributed by atoms with Crippen molar-refractivity contribution in [2.45, 2.75) is 124 Å². The first-order valence-corrected chi connectivity index (χ1v) is 23.5. The van der Waals surface area contributed by atoms with Crippen molar-refractivity contribution >= 4 is 29.5 Å². The Labute approximate surface area is 398 Å². The van der Waals surface area contributed by atoms with Gasteiger partial charge in [0, 0.05) is 88.1 Å². The van der Waals surface area contributed by atoms with E-state index in [1.165, 1.54) is 65.2 Å². The fraction of sp³-hybridized carbons (Fsp3) is 0.620. The Kier molecular flexibility index (Phi) is 16.0. The van der Waals surface area contributed by atoms with Crippen LogP contribution in [0.2, 0.25) is 0 Å². The summed E-state index contributed by atoms with van der Waals surface area (Å²) in [6.45, 7) is 18.7. The molecule has 68 heavy (non-hydrogen) atoms. The van der Waals surface area contributed by atoms with Gasteiger partial charge in [-0.05, 0) is 38.7 Å². The lowest BCUT2D eigenvalue weighted by Crippen LogP contribution is -2.59. The lowest BCUT2D eigenvalue weighted by Gasteiger charge is -2.44. The molecule has 18 nitrogen and oxygen atoms in total. The fourth-order valence-electron chi connectivity index (χ4n) is 10.3. The predicted molar refractivity (Wildman–Crippen MR) is 248 cm³/mol. The average molecular weight is 951 g/mol. The van der Waals surface area contributed by atoms with Crippen LogP contribution in [0.4, 0.5) is 4.79 Å². The van der Waals surface area contributed by atoms with Crippen molar-refractivity contribution in [3.8, 4) is 11.5 Å². The van der Waals surface area contributed by atoms with Crippen molar-refractivity contribution in [1.29, 1.82) is 0 Å². The van der Waals surface area contributed by atoms with Crippen LogP contribution in [-0.2, 0) is 33.3 Å². The molecule has 0 saturated carbocycles. The lowest BCUT2D eigenvalue weighted by atomic mass is 9.78. The molecule has 1 aliphatic carbocycles. The number of benzene rings is 1. The van der Waals surface area contributed by atoms with Crippen molar-refractivity contribution in [1.82, 2.24) is 20.4 Å². The van der Waals surface area contributed by atoms with E-state index in [4.69, 9.17) is 28.4 Å². The molecule has 5 heterocycles. The molecule has 0 aromatic heterocycles. The molecule has 5 bridgehead atoms. The van der Waals surface area contributed by atoms with Crippen LogP contribution in [0.15, 0.2) is 47.5 Å². The number of aliphatic hydroxyl groups is 2. The van der Waals surface area contributed by atoms with Crippen LogP contribution in [0, 0.1) is 36.5 Å². The molecule has 5 N–H and O–H groups in total. The number of likely N-dealkylation sites (tertiary alicyclic amines) is 1. The molecular weight excluding hydrogens is 881 g/mol. The van der Waals surface area contributed by atoms with Gasteiger partial charge >= 0.3 is 17.8 Å². The zero-order valence-electron chi connectivity index (χ0n) is 41.3. The number of carbonyl (C=O) groups excluding carboxylic acids is 5. The van der Waals surface area contributed by atoms with E-state index in [2.05, 4.69) is 29.4 Å². The number of aliphatic hydroxyl groups excluding tert-OH is 2. The van der Waals surface area contributed by atoms with Crippen LogP contribution in [-0.4, -0.2) is 138 Å². The number of ketones is 2. The number of Topliss-reactive ketones (excluding diaryl/α,β-unsaturated/α-hetero) is 2. The number of esters is 1. The number of piperidine rings is 1. The van der Waals surface area contributed by atoms with Gasteiger partial charge < -0.3 is 54.0 Å². The topological polar surface area (TPSA) is 232 Å². The maximum atomic E-state index is 15.2. The van der Waals surface area contributed by atoms with Gasteiger partial charge in [-0.1, -0.05) is 59.8 Å². The molecule has 1 spiro atoms. The summed E-state index contributed by atoms with van der Waals surface area (Å²) in [5.74, 6) is -7.65. The number of methoxy groups -OCH3 is 2. The Morgan fingerprint density at radius 3 is 2.25 bits per heavy atom. The first kappa shape index (κ1) is 52.3. The second-order valence-corrected chi connectivity index (χ2v) is 19.5. The highest BCUT2D eigenvalue weighted by molar-refractivity contribution is 6.20. The van der Waals surface area contributed by atoms with Gasteiger partial charge in [0.05, 0.1) is 54.0 Å². The standard InChI is InChI=1S/C50H70N4O14/c1-25(2)24-53-19-17-50(18-20-53)52-37-34-35-42(58)31(8)45-36(34)46(60)49(10,68-45)66-21-16-33(64-12)28(5)44(67-32(9)55)30(7)41(57)29(6)40(56)26(3)14-13-15-27(4)47(61)51-38(43(35)59)39(37)54(50)48(62)65-23-22-63-11/h13-16,21,25-26,28-30,33,37,40-41,44,52,56-58H,17-20,22-24H2,1-12H3,(H,51,61)/b14-13+,21-16+,27-15-/t26-,28+,29+,30+,33-,37?,40-,41+,44+,49-/m0/s1. The van der Waals surface area contributed by atoms with E-state index in [1.54, 1.807) is 39.8 Å². The number of fused-ring (bicyclic) bond motifs is 13. The molecule has 6 aliphatic rings. The average Bonchev–Trinajstić information content (AvgIpc) is 3.76. The number of phenols is 1. The summed E-state index contributed by atoms with van der Waals surface area (Å²) in [7, 11) is 2.91. The Morgan fingerprint density at radius 2 is 1.63 bits per heavy atom. The van der Waals surface area contributed by atoms with Crippen LogP contribution >= 0.6 is 0 Å². The summed E-state index contributed by atoms with van der Waals surface area (Å²) < 4.78 is 35.1. The molecule has 2 saturated heterocycles. The summed E-state index contributed by atoms with van der Waals surface area (Å²) in [6, 6.07) is -1.15. The molecule has 2 fully saturated rings. The summed E-state index contributed by atoms with van der Waals surface area (Å²) in [6.07, 6.45) is 3.45. The number of phenolic OH excluding ortho intramolecular Hbond substituents is 1. The number of rotatable bonds is 7. The molecular formula is C50H70N4O14. The number of aromatic hydroxyl groups is 1. The van der Waals surface area contributed by atoms with Crippen LogP contribution in [0.3, 0.4) is 0 Å². The molecule has 1 aromatic carbocycles. The van der Waals surface area contributed by atoms with Gasteiger partial charge in [-0.15, -0.1) is 0 Å². The molecule has 5 aliphatic heterocycles. The van der Waals surface area contributed by atoms with E-state index in [0.717, 1.165) is 6.54 Å². The Morgan fingerprint density at radius 1 is 0.956 bits per heavy atom. The fourth-order valence-corrected chi connectivity index (χ4v) is 10.3. The van der Waals surface area contributed by atoms with Crippen LogP contribution in [0.5, 0.6) is 11.5 Å². The first-order chi connectivity index (χ1) is 32.0. The monoisotopic (exact) mass is 950 g/mol. The number of amides is 2. The molecule has 18 heteroatoms. The van der Waals surface area contributed by atoms with Gasteiger partial charge in [0.1, 0.15) is 35.6 Å². The van der Waals surface area contributed by atoms with E-state index in [1.807, 2.05) is 0 Å². The highest BCUT2D eigenvalue weighted by Gasteiger charge is 2.60. The van der Waals surface area contributed by atoms with Crippen molar-refractivity contribution in [3.05, 3.63) is 69.8 Å². The SMILES string of the molecule is COCCOC(=O)N1C2=C3NC(=O)/C(C)=C\C=C\[C@H](C)[C@H](O)[C@@H](C)[C@@H](O)[C@@H](C)[C@H](OC(C)=O)[C@H](C)[C@@H](OC)/C=C/O[C@@]4(C)Oc5c(C)c(O)c(c(c5C4=O)C2NC12CCN(CC(C)C)CC2)C3=O. The van der Waals surface area contributed by atoms with Crippen molar-refractivity contribution in [2.75, 3.05) is 47.1 Å². The number of hydrogen-bond acceptors (Lipinski definition) is 16. The van der Waals surface area contributed by atoms with E-state index in [-0.39, 0.29) is 58.2 Å². The van der Waals surface area contributed by atoms with Crippen molar-refractivity contribution < 1.29 is 67.7 Å². The third-order valence-electron chi connectivity index (χ3n) is 14.2. The largest absolute Gasteiger partial charge is 0.507 e. The lowest BCUT2D eigenvalue weighted by molar-refractivity contribution is -0.160. The minimum atomic E-state index is -2.06. The number of nitrogens with one attached hydrogen (secondary N) is 2. The molecule has 10 atom stereocenters. The molecule has 1 aromatic rings. The van der Waals surface area contributed by atoms with Gasteiger partial charge in [0.2, 0.25) is 5.78 Å². The Bertz CT molecular complexity index is 2260. The van der Waals surface area contributed by atoms with E-state index in [9.17, 15) is 29.7 Å². The quantitative estimate of drug-likeness (QED) is 0.180. The number of nitrogens with zero attached hydrogens (tertiary/aromatic N) is 2. The highest BCUT2D eigenvalue weighted by atomic mass is 16.7. The third kappa shape index (κ3) is 9.85. The Hall–Kier alpha value is -5.11. The minimum absolute atomic E-state index is 0.0267. The Balaban J connectivity index is 1.56. The van der Waals surface area contributed by atoms with Crippen molar-refractivity contribution in [3.63, 3.8) is 0 Å². The zero-order valence-corrected chi connectivity index (χ0v) is 41.3. The molecule has 7 rings (SSSR count). The molecule has 374 valence electrons. The highest BCUT2D eigenvalue weighted by Crippen LogP contribution is 2.55. The van der Waals surface area contributed by atoms with Crippen molar-refractivity contribution in [2.24, 2.45) is 29.6 Å². The van der Waals surface area contributed by atoms with Crippen LogP contribution in [0.1, 0.15) is 113 Å². The van der Waals surface area contributed by atoms with Gasteiger partial charge in [0.15, 0.2) is 0 Å². The maximum absolute atomic E-state index is 15.2. The second-order valence-electron chi connectivity index (χ2n) is 19.5. The van der Waals surface area contributed by atoms with E-state index >= 15 is 9.59 Å². The number of carbonyl (C=O) groups is 5. The van der Waals surface area contributed by atoms with Gasteiger partial charge in [0.25, 0.3) is 11.7 Å². The van der Waals surface area contributed by atoms with E-state index < -0.39 is 101 Å². The molecule has 2 amide bonds. The third-order valence-corrected chi connectivity index (χ3v) is 14.2. The smallest absolute Gasteiger partial charge is 0.415 e. The van der Waals surface area contributed by atoms with Gasteiger partial charge in [-0.2, -0.15) is 0 Å². The number of hydrogen-bond donors (Lipinski definition) is 5. The maximum Gasteiger partial charge on any atom is 0.415 e. The summed E-state index contributed by atoms with van der Waals surface area (Å²) in [4.78, 5) is 75.2. The summed E-state index contributed by atoms with van der Waals surface area (Å²) in [5.41, 5.74) is -1.53. The van der Waals surface area contributed by atoms with Crippen LogP contribution < -0.4 is 15.4 Å². The predicted octanol–water partition coefficient (Wildman–Crippen LogP) is 4.95. The first-order valence-electron chi connectivity index (χ1n) is 23.5. The second kappa shape index (κ2) is 20.9. The summed E-state index contributed by atoms with van der Waals surface area (Å²) >= 11 is 0. The zero-order chi connectivity index (χ0) is 50.2. The summed E-state index contributed by atoms with van der Waals surface area (Å²) in [5, 5.41) is 41.6. The van der Waals surface area contributed by atoms with Crippen LogP contribution in [0.25, 0.3) is 0 Å². The van der Waals surface area contributed by atoms with Gasteiger partial charge in [-0.25, -0.2) is 4.79 Å². The van der Waals surface area contributed by atoms with Gasteiger partial charge in [-0.3, -0.25) is 29.4 Å². The number of allylic oxidation sites excluding steroid dienone is 3. The minimum Gasteiger partial charge on any atom is -0.507 e. The molecule has 0 radical (unpaired) electrons. The molecule has 1 unspecified atom stereocenters.